The van der Waals surface area contributed by atoms with Gasteiger partial charge in [-0.1, -0.05) is 130 Å². The van der Waals surface area contributed by atoms with Crippen LogP contribution in [0.2, 0.25) is 0 Å². The van der Waals surface area contributed by atoms with Crippen LogP contribution in [0.15, 0.2) is 60.7 Å². The van der Waals surface area contributed by atoms with E-state index in [0.717, 1.165) is 24.7 Å². The fraction of sp³-hybridized carbons (Fsp3) is 0.640. The highest BCUT2D eigenvalue weighted by molar-refractivity contribution is 5.92. The Labute approximate surface area is 733 Å². The van der Waals surface area contributed by atoms with Gasteiger partial charge in [0.1, 0.15) is 37.4 Å². The number of aliphatic carboxylic acids is 6. The number of ether oxygens (including phenoxy) is 2. The van der Waals surface area contributed by atoms with Crippen molar-refractivity contribution in [3.63, 3.8) is 0 Å². The lowest BCUT2D eigenvalue weighted by Gasteiger charge is -2.35. The lowest BCUT2D eigenvalue weighted by atomic mass is 9.98. The molecule has 0 saturated heterocycles. The lowest BCUT2D eigenvalue weighted by Crippen LogP contribution is -2.54. The van der Waals surface area contributed by atoms with Crippen LogP contribution in [-0.2, 0) is 94.6 Å². The third kappa shape index (κ3) is 58.0. The number of nitrogens with one attached hydrogen (secondary N) is 6. The molecule has 2 rings (SSSR count). The first-order chi connectivity index (χ1) is 59.2. The van der Waals surface area contributed by atoms with E-state index in [1.54, 1.807) is 69.2 Å². The molecule has 0 aromatic heterocycles. The van der Waals surface area contributed by atoms with Gasteiger partial charge in [-0.05, 0) is 106 Å². The minimum absolute atomic E-state index is 0.00967. The van der Waals surface area contributed by atoms with Gasteiger partial charge in [0.05, 0.1) is 6.57 Å². The SMILES string of the molecule is CC(C)C(C(=O)NCCCC(=O)O)N(CCCC(=O)O)C(=O)CCCNC(=O)C(C(C)C)N(CCCC(=O)N(CCCC(=O)O)C(C(=O)NCCCC(=O)O)C(C)C)C(=O)CCCC(=O)N(CCCC(=O)O)C(C(=O)NCCCC(=O)O)C(C)C.CO.NCCCNC(=O)OCc1ccccc1.[C-]#[N+]C(=O)C(C)C.[C-]#[N+]CCCNC(=O)OCc1ccccc1. The fourth-order valence-electron chi connectivity index (χ4n) is 12.0. The minimum atomic E-state index is -1.23. The number of carbonyl (C=O) groups excluding carboxylic acids is 11. The van der Waals surface area contributed by atoms with Crippen LogP contribution in [0.1, 0.15) is 215 Å². The molecule has 39 nitrogen and oxygen atoms in total. The quantitative estimate of drug-likeness (QED) is 0.0235. The van der Waals surface area contributed by atoms with E-state index in [0.29, 0.717) is 39.2 Å². The predicted molar refractivity (Wildman–Crippen MR) is 461 cm³/mol. The Kier molecular flexibility index (Phi) is 67.1. The Morgan fingerprint density at radius 1 is 0.344 bits per heavy atom. The van der Waals surface area contributed by atoms with Crippen molar-refractivity contribution in [2.75, 3.05) is 85.6 Å². The van der Waals surface area contributed by atoms with Crippen LogP contribution in [-0.4, -0.2) is 266 Å². The van der Waals surface area contributed by atoms with E-state index in [1.807, 2.05) is 60.7 Å². The summed E-state index contributed by atoms with van der Waals surface area (Å²) >= 11 is 0. The van der Waals surface area contributed by atoms with Crippen LogP contribution < -0.4 is 37.6 Å². The molecular formula is C86H137N13O26. The second-order valence-electron chi connectivity index (χ2n) is 30.3. The zero-order chi connectivity index (χ0) is 95.4. The van der Waals surface area contributed by atoms with Gasteiger partial charge < -0.3 is 112 Å². The Balaban J connectivity index is -0.00000298. The van der Waals surface area contributed by atoms with Gasteiger partial charge in [-0.25, -0.2) is 16.2 Å². The van der Waals surface area contributed by atoms with Crippen molar-refractivity contribution >= 4 is 101 Å². The largest absolute Gasteiger partial charge is 0.481 e. The molecule has 2 aromatic rings. The third-order valence-electron chi connectivity index (χ3n) is 18.0. The zero-order valence-electron chi connectivity index (χ0n) is 74.4. The summed E-state index contributed by atoms with van der Waals surface area (Å²) in [5.41, 5.74) is 7.22. The van der Waals surface area contributed by atoms with Gasteiger partial charge >= 0.3 is 53.9 Å². The number of hydrogen-bond donors (Lipinski definition) is 14. The number of aliphatic hydroxyl groups excluding tert-OH is 1. The Hall–Kier alpha value is -11.9. The number of amides is 11. The highest BCUT2D eigenvalue weighted by Crippen LogP contribution is 2.22. The maximum atomic E-state index is 14.6. The molecule has 0 fully saturated rings. The third-order valence-corrected chi connectivity index (χ3v) is 18.0. The predicted octanol–water partition coefficient (Wildman–Crippen LogP) is 6.96. The van der Waals surface area contributed by atoms with Crippen molar-refractivity contribution in [1.82, 2.24) is 51.5 Å². The number of carboxylic acid groups (broad SMARTS) is 6. The molecule has 0 aliphatic rings. The zero-order valence-corrected chi connectivity index (χ0v) is 74.4. The van der Waals surface area contributed by atoms with Crippen molar-refractivity contribution in [1.29, 1.82) is 0 Å². The molecule has 125 heavy (non-hydrogen) atoms. The van der Waals surface area contributed by atoms with Crippen LogP contribution in [0.25, 0.3) is 9.69 Å². The first-order valence-corrected chi connectivity index (χ1v) is 42.1. The maximum Gasteiger partial charge on any atom is 0.407 e. The number of rotatable bonds is 59. The minimum Gasteiger partial charge on any atom is -0.481 e. The highest BCUT2D eigenvalue weighted by Gasteiger charge is 2.38. The standard InChI is InChI=1S/C57H96N8O20.C12H14N2O2.C11H16N2O2.C5H7NO.CH4O/c1-36(2)50(54(82)58-28-10-20-42(68)64(34-16-26-48(78)79)52(38(5)6)56(84)60-30-12-23-45(72)73)62(32-14-21-43(69)65(35-17-27-49(80)81)53(39(7)8)57(85)61-31-13-24-46(74)75)40(66)18-9-19-41(67)63(33-15-25-47(76)77)51(37(3)4)55(83)59-29-11-22-44(70)71;1-13-8-5-9-14-12(15)16-10-11-6-3-2-4-7-11;12-7-4-8-13-11(14)15-9-10-5-2-1-3-6-10;1-4(2)5(7)6-3;1-2/h36-39,50-53H,9-35H2,1-8H3,(H,58,82)(H,59,83)(H,60,84)(H,61,85)(H,70,71)(H,72,73)(H,74,75)(H,76,77)(H,78,79)(H,80,81);2-4,6-7H,5,8-10H2,(H,14,15);1-3,5-6H,4,7-9,12H2,(H,13,14);4H,1-2H3;2H,1H3. The van der Waals surface area contributed by atoms with Crippen molar-refractivity contribution in [3.8, 4) is 0 Å². The van der Waals surface area contributed by atoms with Gasteiger partial charge in [-0.3, -0.25) is 67.1 Å². The van der Waals surface area contributed by atoms with Crippen molar-refractivity contribution in [2.24, 2.45) is 35.3 Å². The first-order valence-electron chi connectivity index (χ1n) is 42.1. The molecule has 702 valence electrons. The summed E-state index contributed by atoms with van der Waals surface area (Å²) in [5.74, 6) is -13.9. The summed E-state index contributed by atoms with van der Waals surface area (Å²) < 4.78 is 9.96. The number of alkyl carbamates (subject to hydrolysis) is 2. The van der Waals surface area contributed by atoms with Crippen LogP contribution in [0.5, 0.6) is 0 Å². The summed E-state index contributed by atoms with van der Waals surface area (Å²) in [6.45, 7) is 31.5. The average Bonchev–Trinajstić information content (AvgIpc) is 0.851. The van der Waals surface area contributed by atoms with Crippen molar-refractivity contribution in [3.05, 3.63) is 94.6 Å². The fourth-order valence-corrected chi connectivity index (χ4v) is 12.0. The molecule has 0 spiro atoms. The van der Waals surface area contributed by atoms with Crippen LogP contribution in [0, 0.1) is 42.7 Å². The summed E-state index contributed by atoms with van der Waals surface area (Å²) in [7, 11) is 1.00. The van der Waals surface area contributed by atoms with Crippen LogP contribution in [0.4, 0.5) is 9.59 Å². The average molecular weight is 1770 g/mol. The molecule has 4 atom stereocenters. The summed E-state index contributed by atoms with van der Waals surface area (Å²) in [4.78, 5) is 223. The molecule has 0 bridgehead atoms. The van der Waals surface area contributed by atoms with E-state index < -0.39 is 143 Å². The van der Waals surface area contributed by atoms with Gasteiger partial charge in [0.25, 0.3) is 0 Å². The van der Waals surface area contributed by atoms with E-state index in [-0.39, 0.29) is 193 Å². The van der Waals surface area contributed by atoms with E-state index in [9.17, 15) is 96.8 Å². The maximum absolute atomic E-state index is 14.6. The van der Waals surface area contributed by atoms with Gasteiger partial charge in [-0.2, -0.15) is 4.85 Å². The summed E-state index contributed by atoms with van der Waals surface area (Å²) in [6, 6.07) is 14.6. The second-order valence-corrected chi connectivity index (χ2v) is 30.3. The molecule has 0 aliphatic heterocycles. The van der Waals surface area contributed by atoms with Crippen molar-refractivity contribution in [2.45, 2.75) is 241 Å². The van der Waals surface area contributed by atoms with E-state index >= 15 is 0 Å². The number of benzene rings is 2. The van der Waals surface area contributed by atoms with Crippen LogP contribution >= 0.6 is 0 Å². The van der Waals surface area contributed by atoms with E-state index in [2.05, 4.69) is 41.6 Å². The van der Waals surface area contributed by atoms with Gasteiger partial charge in [0.15, 0.2) is 0 Å². The molecule has 4 unspecified atom stereocenters. The van der Waals surface area contributed by atoms with E-state index in [4.69, 9.17) is 48.8 Å². The van der Waals surface area contributed by atoms with Gasteiger partial charge in [-0.15, -0.1) is 0 Å². The topological polar surface area (TPSA) is 570 Å². The van der Waals surface area contributed by atoms with Gasteiger partial charge in [0.2, 0.25) is 53.8 Å². The molecule has 0 aliphatic carbocycles. The first kappa shape index (κ1) is 117. The number of carbonyl (C=O) groups is 17. The lowest BCUT2D eigenvalue weighted by molar-refractivity contribution is -0.145. The monoisotopic (exact) mass is 1770 g/mol. The number of nitrogens with two attached hydrogens (primary N) is 1. The van der Waals surface area contributed by atoms with Crippen molar-refractivity contribution < 1.29 is 127 Å². The molecule has 11 amide bonds. The van der Waals surface area contributed by atoms with Gasteiger partial charge in [0, 0.05) is 149 Å². The normalized spacial score (nSPS) is 11.4. The molecule has 0 heterocycles. The Morgan fingerprint density at radius 3 is 0.824 bits per heavy atom. The van der Waals surface area contributed by atoms with E-state index in [1.165, 1.54) is 19.6 Å². The number of aliphatic hydroxyl groups is 1. The molecule has 0 radical (unpaired) electrons. The Morgan fingerprint density at radius 2 is 0.584 bits per heavy atom. The Bertz CT molecular complexity index is 3670. The number of hydrogen-bond acceptors (Lipinski definition) is 21. The molecule has 15 N–H and O–H groups in total. The highest BCUT2D eigenvalue weighted by atomic mass is 16.6. The number of nitrogens with zero attached hydrogens (tertiary/aromatic N) is 6. The molecule has 0 saturated carbocycles. The summed E-state index contributed by atoms with van der Waals surface area (Å²) in [5, 5.41) is 78.2. The van der Waals surface area contributed by atoms with Crippen LogP contribution in [0.3, 0.4) is 0 Å². The summed E-state index contributed by atoms with van der Waals surface area (Å²) in [6.07, 6.45) is -2.12. The molecular weight excluding hydrogens is 1630 g/mol. The smallest absolute Gasteiger partial charge is 0.407 e. The molecule has 39 heteroatoms. The molecule has 2 aromatic carbocycles. The number of carboxylic acids is 6. The second kappa shape index (κ2) is 71.5.